The fourth-order valence-electron chi connectivity index (χ4n) is 3.30. The molecule has 1 aromatic heterocycles. The van der Waals surface area contributed by atoms with Gasteiger partial charge < -0.3 is 10.5 Å². The van der Waals surface area contributed by atoms with E-state index in [9.17, 15) is 0 Å². The van der Waals surface area contributed by atoms with Crippen LogP contribution < -0.4 is 10.5 Å². The molecule has 136 valence electrons. The van der Waals surface area contributed by atoms with Crippen molar-refractivity contribution in [2.45, 2.75) is 0 Å². The molecule has 0 atom stereocenters. The number of allylic oxidation sites excluding steroid dienone is 1. The molecule has 0 unspecified atom stereocenters. The number of ether oxygens (including phenoxy) is 1. The van der Waals surface area contributed by atoms with Gasteiger partial charge in [-0.1, -0.05) is 42.3 Å². The summed E-state index contributed by atoms with van der Waals surface area (Å²) in [5.41, 5.74) is 11.9. The molecule has 0 fully saturated rings. The number of hydrogen-bond donors (Lipinski definition) is 1. The van der Waals surface area contributed by atoms with Crippen molar-refractivity contribution in [3.63, 3.8) is 0 Å². The Kier molecular flexibility index (Phi) is 4.57. The first-order chi connectivity index (χ1) is 13.7. The van der Waals surface area contributed by atoms with Crippen LogP contribution in [0.4, 0.5) is 5.95 Å². The summed E-state index contributed by atoms with van der Waals surface area (Å²) in [5.74, 6) is 3.87. The summed E-state index contributed by atoms with van der Waals surface area (Å²) in [6.45, 7) is 0. The van der Waals surface area contributed by atoms with E-state index >= 15 is 0 Å². The first kappa shape index (κ1) is 17.4. The molecule has 0 saturated carbocycles. The van der Waals surface area contributed by atoms with Gasteiger partial charge in [0.1, 0.15) is 5.75 Å². The van der Waals surface area contributed by atoms with Crippen molar-refractivity contribution in [2.75, 3.05) is 12.8 Å². The third kappa shape index (κ3) is 3.10. The van der Waals surface area contributed by atoms with Crippen LogP contribution in [0.1, 0.15) is 11.1 Å². The molecule has 1 heterocycles. The highest BCUT2D eigenvalue weighted by atomic mass is 16.5. The Morgan fingerprint density at radius 2 is 1.79 bits per heavy atom. The Hall–Kier alpha value is -3.97. The summed E-state index contributed by atoms with van der Waals surface area (Å²) in [7, 11) is 1.64. The molecule has 0 spiro atoms. The van der Waals surface area contributed by atoms with Gasteiger partial charge in [-0.2, -0.15) is 0 Å². The number of nitrogen functional groups attached to an aromatic ring is 1. The molecule has 2 N–H and O–H groups in total. The molecule has 0 aliphatic carbocycles. The average Bonchev–Trinajstić information content (AvgIpc) is 3.07. The number of nitrogens with zero attached hydrogens (tertiary/aromatic N) is 2. The van der Waals surface area contributed by atoms with E-state index in [2.05, 4.69) is 17.0 Å². The lowest BCUT2D eigenvalue weighted by molar-refractivity contribution is 0.415. The lowest BCUT2D eigenvalue weighted by Crippen LogP contribution is -2.00. The Morgan fingerprint density at radius 1 is 1.04 bits per heavy atom. The van der Waals surface area contributed by atoms with Crippen LogP contribution in [-0.4, -0.2) is 16.7 Å². The third-order valence-corrected chi connectivity index (χ3v) is 4.63. The van der Waals surface area contributed by atoms with E-state index < -0.39 is 0 Å². The van der Waals surface area contributed by atoms with Crippen LogP contribution in [0, 0.1) is 12.3 Å². The van der Waals surface area contributed by atoms with Gasteiger partial charge in [0.15, 0.2) is 0 Å². The minimum atomic E-state index is 0.430. The minimum Gasteiger partial charge on any atom is -0.497 e. The topological polar surface area (TPSA) is 53.1 Å². The second-order valence-electron chi connectivity index (χ2n) is 6.30. The number of anilines is 1. The van der Waals surface area contributed by atoms with Crippen molar-refractivity contribution >= 4 is 22.6 Å². The van der Waals surface area contributed by atoms with Crippen LogP contribution >= 0.6 is 0 Å². The van der Waals surface area contributed by atoms with E-state index in [4.69, 9.17) is 16.9 Å². The predicted octanol–water partition coefficient (Wildman–Crippen LogP) is 4.68. The van der Waals surface area contributed by atoms with E-state index in [1.54, 1.807) is 13.2 Å². The zero-order valence-electron chi connectivity index (χ0n) is 15.5. The maximum atomic E-state index is 6.23. The van der Waals surface area contributed by atoms with Crippen molar-refractivity contribution < 1.29 is 4.74 Å². The molecule has 4 nitrogen and oxygen atoms in total. The number of aromatic nitrogens is 2. The number of nitrogens with two attached hydrogens (primary N) is 1. The monoisotopic (exact) mass is 365 g/mol. The second-order valence-corrected chi connectivity index (χ2v) is 6.30. The summed E-state index contributed by atoms with van der Waals surface area (Å²) in [6.07, 6.45) is 7.38. The summed E-state index contributed by atoms with van der Waals surface area (Å²) in [5, 5.41) is 0. The molecular weight excluding hydrogens is 346 g/mol. The van der Waals surface area contributed by atoms with Crippen LogP contribution in [0.2, 0.25) is 0 Å². The number of fused-ring (bicyclic) bond motifs is 1. The van der Waals surface area contributed by atoms with Crippen molar-refractivity contribution in [1.29, 1.82) is 0 Å². The van der Waals surface area contributed by atoms with Gasteiger partial charge in [-0.25, -0.2) is 4.98 Å². The first-order valence-corrected chi connectivity index (χ1v) is 8.86. The summed E-state index contributed by atoms with van der Waals surface area (Å²) >= 11 is 0. The Labute approximate surface area is 163 Å². The number of imidazole rings is 1. The highest BCUT2D eigenvalue weighted by molar-refractivity contribution is 5.89. The smallest absolute Gasteiger partial charge is 0.205 e. The van der Waals surface area contributed by atoms with Gasteiger partial charge >= 0.3 is 0 Å². The van der Waals surface area contributed by atoms with Crippen molar-refractivity contribution in [2.24, 2.45) is 0 Å². The molecular formula is C24H19N3O. The minimum absolute atomic E-state index is 0.430. The lowest BCUT2D eigenvalue weighted by atomic mass is 9.97. The Morgan fingerprint density at radius 3 is 2.46 bits per heavy atom. The van der Waals surface area contributed by atoms with Crippen molar-refractivity contribution in [1.82, 2.24) is 9.55 Å². The van der Waals surface area contributed by atoms with E-state index in [1.807, 2.05) is 71.3 Å². The van der Waals surface area contributed by atoms with Crippen LogP contribution in [0.15, 0.2) is 78.9 Å². The maximum absolute atomic E-state index is 6.23. The van der Waals surface area contributed by atoms with E-state index in [0.717, 1.165) is 39.2 Å². The summed E-state index contributed by atoms with van der Waals surface area (Å²) in [4.78, 5) is 4.50. The largest absolute Gasteiger partial charge is 0.497 e. The molecule has 4 heteroatoms. The number of rotatable bonds is 4. The summed E-state index contributed by atoms with van der Waals surface area (Å²) in [6, 6.07) is 23.8. The lowest BCUT2D eigenvalue weighted by Gasteiger charge is -2.10. The molecule has 4 aromatic rings. The van der Waals surface area contributed by atoms with Crippen LogP contribution in [-0.2, 0) is 0 Å². The highest BCUT2D eigenvalue weighted by Gasteiger charge is 2.13. The normalized spacial score (nSPS) is 11.4. The molecule has 4 rings (SSSR count). The predicted molar refractivity (Wildman–Crippen MR) is 114 cm³/mol. The molecule has 0 saturated heterocycles. The molecule has 3 aromatic carbocycles. The van der Waals surface area contributed by atoms with Gasteiger partial charge in [-0.3, -0.25) is 4.57 Å². The van der Waals surface area contributed by atoms with Gasteiger partial charge in [0.05, 0.1) is 18.1 Å². The standard InChI is InChI=1S/C24H19N3O/c1-3-7-21(17-8-5-4-6-9-17)18-10-15-22-23(16-18)27(24(25)26-22)19-11-13-20(28-2)14-12-19/h1,4-16H,2H3,(H2,25,26)/b21-7+. The maximum Gasteiger partial charge on any atom is 0.205 e. The third-order valence-electron chi connectivity index (χ3n) is 4.63. The number of benzene rings is 3. The Balaban J connectivity index is 1.89. The zero-order chi connectivity index (χ0) is 19.5. The number of hydrogen-bond acceptors (Lipinski definition) is 3. The van der Waals surface area contributed by atoms with E-state index in [1.165, 1.54) is 0 Å². The molecule has 0 amide bonds. The van der Waals surface area contributed by atoms with Gasteiger partial charge in [0.25, 0.3) is 0 Å². The fourth-order valence-corrected chi connectivity index (χ4v) is 3.30. The zero-order valence-corrected chi connectivity index (χ0v) is 15.5. The van der Waals surface area contributed by atoms with Crippen molar-refractivity contribution in [3.05, 3.63) is 90.0 Å². The van der Waals surface area contributed by atoms with Gasteiger partial charge in [-0.05, 0) is 59.2 Å². The van der Waals surface area contributed by atoms with Gasteiger partial charge in [0.2, 0.25) is 5.95 Å². The van der Waals surface area contributed by atoms with E-state index in [0.29, 0.717) is 5.95 Å². The van der Waals surface area contributed by atoms with Crippen molar-refractivity contribution in [3.8, 4) is 23.8 Å². The second kappa shape index (κ2) is 7.34. The van der Waals surface area contributed by atoms with Crippen LogP contribution in [0.5, 0.6) is 5.75 Å². The van der Waals surface area contributed by atoms with E-state index in [-0.39, 0.29) is 0 Å². The van der Waals surface area contributed by atoms with Gasteiger partial charge in [0, 0.05) is 5.69 Å². The summed E-state index contributed by atoms with van der Waals surface area (Å²) < 4.78 is 7.18. The quantitative estimate of drug-likeness (QED) is 0.534. The molecule has 0 aliphatic heterocycles. The molecule has 0 radical (unpaired) electrons. The fraction of sp³-hybridized carbons (Fsp3) is 0.0417. The van der Waals surface area contributed by atoms with Crippen LogP contribution in [0.25, 0.3) is 22.3 Å². The SMILES string of the molecule is C#C/C=C(\c1ccccc1)c1ccc2nc(N)n(-c3ccc(OC)cc3)c2c1. The molecule has 0 bridgehead atoms. The first-order valence-electron chi connectivity index (χ1n) is 8.86. The molecule has 0 aliphatic rings. The Bertz CT molecular complexity index is 1200. The van der Waals surface area contributed by atoms with Crippen LogP contribution in [0.3, 0.4) is 0 Å². The number of methoxy groups -OCH3 is 1. The average molecular weight is 365 g/mol. The highest BCUT2D eigenvalue weighted by Crippen LogP contribution is 2.30. The molecule has 28 heavy (non-hydrogen) atoms. The van der Waals surface area contributed by atoms with Gasteiger partial charge in [-0.15, -0.1) is 6.42 Å². The number of terminal acetylenes is 1.